The SMILES string of the molecule is O=CN(O)C(CCCc1ncccn1)CSN1CCN(c2ccc(C#Cc3cccs3)cn2)CC1. The van der Waals surface area contributed by atoms with Crippen LogP contribution in [0, 0.1) is 11.8 Å². The second-order valence-electron chi connectivity index (χ2n) is 8.04. The van der Waals surface area contributed by atoms with Crippen molar-refractivity contribution in [2.45, 2.75) is 25.3 Å². The molecule has 182 valence electrons. The summed E-state index contributed by atoms with van der Waals surface area (Å²) < 4.78 is 2.29. The number of rotatable bonds is 10. The molecule has 1 aliphatic rings. The molecule has 1 N–H and O–H groups in total. The van der Waals surface area contributed by atoms with Crippen LogP contribution in [0.2, 0.25) is 0 Å². The average Bonchev–Trinajstić information content (AvgIpc) is 3.44. The van der Waals surface area contributed by atoms with E-state index in [1.54, 1.807) is 41.7 Å². The molecule has 1 unspecified atom stereocenters. The van der Waals surface area contributed by atoms with Crippen LogP contribution in [-0.4, -0.2) is 73.9 Å². The molecule has 1 saturated heterocycles. The molecule has 0 aliphatic carbocycles. The number of carbonyl (C=O) groups excluding carboxylic acids is 1. The Morgan fingerprint density at radius 3 is 2.63 bits per heavy atom. The molecule has 0 radical (unpaired) electrons. The third-order valence-corrected chi connectivity index (χ3v) is 7.70. The van der Waals surface area contributed by atoms with Crippen molar-refractivity contribution in [1.82, 2.24) is 24.3 Å². The van der Waals surface area contributed by atoms with Crippen molar-refractivity contribution in [3.8, 4) is 11.8 Å². The molecule has 0 spiro atoms. The molecule has 4 heterocycles. The topological polar surface area (TPSA) is 85.7 Å². The minimum absolute atomic E-state index is 0.247. The second kappa shape index (κ2) is 13.2. The number of carbonyl (C=O) groups is 1. The van der Waals surface area contributed by atoms with Crippen LogP contribution < -0.4 is 4.90 Å². The van der Waals surface area contributed by atoms with Crippen molar-refractivity contribution in [3.63, 3.8) is 0 Å². The molecular formula is C25H28N6O2S2. The minimum Gasteiger partial charge on any atom is -0.354 e. The van der Waals surface area contributed by atoms with Gasteiger partial charge in [-0.15, -0.1) is 11.3 Å². The zero-order valence-corrected chi connectivity index (χ0v) is 21.0. The van der Waals surface area contributed by atoms with Gasteiger partial charge in [0.25, 0.3) is 0 Å². The zero-order valence-electron chi connectivity index (χ0n) is 19.4. The number of piperazine rings is 1. The average molecular weight is 509 g/mol. The lowest BCUT2D eigenvalue weighted by Crippen LogP contribution is -2.44. The van der Waals surface area contributed by atoms with Crippen LogP contribution in [0.25, 0.3) is 0 Å². The fourth-order valence-electron chi connectivity index (χ4n) is 3.70. The van der Waals surface area contributed by atoms with Gasteiger partial charge in [-0.1, -0.05) is 29.9 Å². The number of anilines is 1. The van der Waals surface area contributed by atoms with E-state index in [9.17, 15) is 10.0 Å². The van der Waals surface area contributed by atoms with E-state index in [0.717, 1.165) is 66.2 Å². The van der Waals surface area contributed by atoms with Crippen LogP contribution in [-0.2, 0) is 11.2 Å². The van der Waals surface area contributed by atoms with Crippen LogP contribution in [0.1, 0.15) is 29.1 Å². The Kier molecular flexibility index (Phi) is 9.48. The van der Waals surface area contributed by atoms with E-state index in [4.69, 9.17) is 0 Å². The molecule has 35 heavy (non-hydrogen) atoms. The van der Waals surface area contributed by atoms with Gasteiger partial charge in [0.05, 0.1) is 10.9 Å². The third-order valence-electron chi connectivity index (χ3n) is 5.65. The van der Waals surface area contributed by atoms with Crippen molar-refractivity contribution >= 4 is 35.5 Å². The molecule has 0 aromatic carbocycles. The smallest absolute Gasteiger partial charge is 0.233 e. The Morgan fingerprint density at radius 2 is 1.94 bits per heavy atom. The molecule has 3 aromatic heterocycles. The Morgan fingerprint density at radius 1 is 1.11 bits per heavy atom. The van der Waals surface area contributed by atoms with Crippen molar-refractivity contribution in [2.75, 3.05) is 36.8 Å². The maximum Gasteiger partial charge on any atom is 0.233 e. The van der Waals surface area contributed by atoms with Crippen molar-refractivity contribution in [3.05, 3.63) is 70.6 Å². The molecule has 1 atom stereocenters. The van der Waals surface area contributed by atoms with Crippen LogP contribution in [0.4, 0.5) is 5.82 Å². The van der Waals surface area contributed by atoms with Gasteiger partial charge < -0.3 is 4.90 Å². The minimum atomic E-state index is -0.247. The summed E-state index contributed by atoms with van der Waals surface area (Å²) >= 11 is 3.31. The lowest BCUT2D eigenvalue weighted by atomic mass is 10.1. The molecule has 10 heteroatoms. The highest BCUT2D eigenvalue weighted by atomic mass is 32.2. The van der Waals surface area contributed by atoms with Gasteiger partial charge in [0, 0.05) is 62.5 Å². The molecule has 0 saturated carbocycles. The van der Waals surface area contributed by atoms with E-state index in [2.05, 4.69) is 36.0 Å². The number of hydrogen-bond acceptors (Lipinski definition) is 9. The first-order chi connectivity index (χ1) is 17.2. The Bertz CT molecular complexity index is 1090. The molecule has 4 rings (SSSR count). The number of pyridine rings is 1. The molecule has 1 aliphatic heterocycles. The van der Waals surface area contributed by atoms with Gasteiger partial charge in [-0.2, -0.15) is 0 Å². The third kappa shape index (κ3) is 7.77. The number of hydroxylamine groups is 2. The van der Waals surface area contributed by atoms with E-state index < -0.39 is 0 Å². The maximum absolute atomic E-state index is 11.2. The van der Waals surface area contributed by atoms with Gasteiger partial charge in [-0.25, -0.2) is 24.3 Å². The quantitative estimate of drug-likeness (QED) is 0.147. The molecule has 1 fully saturated rings. The maximum atomic E-state index is 11.2. The lowest BCUT2D eigenvalue weighted by Gasteiger charge is -2.35. The van der Waals surface area contributed by atoms with Gasteiger partial charge in [-0.05, 0) is 42.5 Å². The van der Waals surface area contributed by atoms with Gasteiger partial charge in [0.1, 0.15) is 11.6 Å². The number of aromatic nitrogens is 3. The Labute approximate surface area is 214 Å². The summed E-state index contributed by atoms with van der Waals surface area (Å²) in [5.74, 6) is 8.70. The normalized spacial score (nSPS) is 14.7. The summed E-state index contributed by atoms with van der Waals surface area (Å²) in [6, 6.07) is 9.60. The standard InChI is InChI=1S/C25H28N6O2S2/c32-20-31(33)22(4-1-6-24-26-11-3-12-27-24)19-35-30-15-13-29(14-16-30)25-10-8-21(18-28-25)7-9-23-5-2-17-34-23/h2-3,5,8,10-12,17-18,20,22,33H,1,4,6,13-16,19H2. The van der Waals surface area contributed by atoms with Gasteiger partial charge in [0.2, 0.25) is 6.41 Å². The van der Waals surface area contributed by atoms with Crippen LogP contribution >= 0.6 is 23.3 Å². The summed E-state index contributed by atoms with van der Waals surface area (Å²) in [6.45, 7) is 3.49. The fourth-order valence-corrected chi connectivity index (χ4v) is 5.40. The summed E-state index contributed by atoms with van der Waals surface area (Å²) in [5.41, 5.74) is 0.907. The van der Waals surface area contributed by atoms with Crippen molar-refractivity contribution in [2.24, 2.45) is 0 Å². The number of amides is 1. The Balaban J connectivity index is 1.21. The largest absolute Gasteiger partial charge is 0.354 e. The molecule has 8 nitrogen and oxygen atoms in total. The van der Waals surface area contributed by atoms with E-state index in [0.29, 0.717) is 18.6 Å². The molecular weight excluding hydrogens is 480 g/mol. The fraction of sp³-hybridized carbons (Fsp3) is 0.360. The predicted octanol–water partition coefficient (Wildman–Crippen LogP) is 3.34. The number of hydrogen-bond donors (Lipinski definition) is 1. The van der Waals surface area contributed by atoms with Crippen molar-refractivity contribution < 1.29 is 10.0 Å². The first-order valence-electron chi connectivity index (χ1n) is 11.5. The van der Waals surface area contributed by atoms with Crippen LogP contribution in [0.15, 0.2) is 54.3 Å². The van der Waals surface area contributed by atoms with Crippen LogP contribution in [0.3, 0.4) is 0 Å². The Hall–Kier alpha value is -2.97. The first kappa shape index (κ1) is 25.1. The highest BCUT2D eigenvalue weighted by molar-refractivity contribution is 7.97. The van der Waals surface area contributed by atoms with Crippen LogP contribution in [0.5, 0.6) is 0 Å². The molecule has 0 bridgehead atoms. The van der Waals surface area contributed by atoms with E-state index in [1.807, 2.05) is 35.8 Å². The first-order valence-corrected chi connectivity index (χ1v) is 13.4. The van der Waals surface area contributed by atoms with E-state index >= 15 is 0 Å². The monoisotopic (exact) mass is 508 g/mol. The second-order valence-corrected chi connectivity index (χ2v) is 10.1. The van der Waals surface area contributed by atoms with Gasteiger partial charge >= 0.3 is 0 Å². The summed E-state index contributed by atoms with van der Waals surface area (Å²) in [6.07, 6.45) is 7.98. The zero-order chi connectivity index (χ0) is 24.3. The lowest BCUT2D eigenvalue weighted by molar-refractivity contribution is -0.158. The van der Waals surface area contributed by atoms with Crippen molar-refractivity contribution in [1.29, 1.82) is 0 Å². The summed E-state index contributed by atoms with van der Waals surface area (Å²) in [7, 11) is 0. The number of aryl methyl sites for hydroxylation is 1. The van der Waals surface area contributed by atoms with E-state index in [-0.39, 0.29) is 6.04 Å². The molecule has 3 aromatic rings. The number of nitrogens with zero attached hydrogens (tertiary/aromatic N) is 6. The summed E-state index contributed by atoms with van der Waals surface area (Å²) in [4.78, 5) is 27.6. The highest BCUT2D eigenvalue weighted by Gasteiger charge is 2.22. The van der Waals surface area contributed by atoms with Gasteiger partial charge in [-0.3, -0.25) is 10.0 Å². The van der Waals surface area contributed by atoms with Gasteiger partial charge in [0.15, 0.2) is 0 Å². The number of thiophene rings is 1. The van der Waals surface area contributed by atoms with E-state index in [1.165, 1.54) is 0 Å². The highest BCUT2D eigenvalue weighted by Crippen LogP contribution is 2.21. The summed E-state index contributed by atoms with van der Waals surface area (Å²) in [5, 5.41) is 12.8. The predicted molar refractivity (Wildman–Crippen MR) is 139 cm³/mol. The molecule has 1 amide bonds.